The van der Waals surface area contributed by atoms with Gasteiger partial charge in [0.2, 0.25) is 11.0 Å². The Morgan fingerprint density at radius 1 is 1.30 bits per heavy atom. The van der Waals surface area contributed by atoms with Gasteiger partial charge in [-0.2, -0.15) is 4.37 Å². The zero-order chi connectivity index (χ0) is 16.1. The molecular formula is C16H20N4O2S. The molecule has 0 atom stereocenters. The maximum atomic E-state index is 12.3. The molecule has 1 aromatic heterocycles. The Morgan fingerprint density at radius 3 is 2.78 bits per heavy atom. The topological polar surface area (TPSA) is 58.6 Å². The molecule has 23 heavy (non-hydrogen) atoms. The van der Waals surface area contributed by atoms with Crippen LogP contribution >= 0.6 is 11.5 Å². The molecule has 2 heterocycles. The van der Waals surface area contributed by atoms with Crippen molar-refractivity contribution in [1.82, 2.24) is 14.3 Å². The summed E-state index contributed by atoms with van der Waals surface area (Å²) in [5, 5.41) is 0.776. The van der Waals surface area contributed by atoms with Crippen molar-refractivity contribution < 1.29 is 9.53 Å². The molecule has 0 N–H and O–H groups in total. The molecule has 1 aromatic carbocycles. The third kappa shape index (κ3) is 4.27. The van der Waals surface area contributed by atoms with Gasteiger partial charge in [-0.3, -0.25) is 4.79 Å². The molecule has 1 fully saturated rings. The van der Waals surface area contributed by atoms with E-state index in [1.54, 1.807) is 0 Å². The van der Waals surface area contributed by atoms with Gasteiger partial charge in [-0.1, -0.05) is 30.3 Å². The first-order valence-corrected chi connectivity index (χ1v) is 8.43. The average Bonchev–Trinajstić information content (AvgIpc) is 3.05. The van der Waals surface area contributed by atoms with E-state index < -0.39 is 0 Å². The predicted molar refractivity (Wildman–Crippen MR) is 89.8 cm³/mol. The number of amides is 1. The Labute approximate surface area is 139 Å². The van der Waals surface area contributed by atoms with Gasteiger partial charge in [-0.25, -0.2) is 4.98 Å². The van der Waals surface area contributed by atoms with Crippen molar-refractivity contribution in [2.24, 2.45) is 0 Å². The maximum Gasteiger partial charge on any atom is 0.242 e. The number of nitrogens with zero attached hydrogens (tertiary/aromatic N) is 4. The van der Waals surface area contributed by atoms with Gasteiger partial charge in [-0.05, 0) is 5.56 Å². The maximum absolute atomic E-state index is 12.3. The summed E-state index contributed by atoms with van der Waals surface area (Å²) in [7, 11) is 1.88. The highest BCUT2D eigenvalue weighted by Crippen LogP contribution is 2.17. The summed E-state index contributed by atoms with van der Waals surface area (Å²) in [6.07, 6.45) is 0.711. The van der Waals surface area contributed by atoms with Crippen LogP contribution in [0.1, 0.15) is 11.4 Å². The normalized spacial score (nSPS) is 14.7. The van der Waals surface area contributed by atoms with Crippen molar-refractivity contribution in [3.63, 3.8) is 0 Å². The van der Waals surface area contributed by atoms with E-state index >= 15 is 0 Å². The molecule has 3 rings (SSSR count). The third-order valence-corrected chi connectivity index (χ3v) is 4.59. The Hall–Kier alpha value is -1.99. The van der Waals surface area contributed by atoms with Crippen molar-refractivity contribution in [3.8, 4) is 0 Å². The van der Waals surface area contributed by atoms with Gasteiger partial charge in [0.1, 0.15) is 5.82 Å². The number of rotatable bonds is 5. The minimum absolute atomic E-state index is 0.107. The molecule has 1 aliphatic rings. The van der Waals surface area contributed by atoms with E-state index in [0.717, 1.165) is 11.0 Å². The molecule has 1 saturated heterocycles. The Bertz CT molecular complexity index is 641. The van der Waals surface area contributed by atoms with Crippen molar-refractivity contribution in [1.29, 1.82) is 0 Å². The van der Waals surface area contributed by atoms with Crippen LogP contribution in [0.25, 0.3) is 0 Å². The second-order valence-electron chi connectivity index (χ2n) is 5.50. The standard InChI is InChI=1S/C16H20N4O2S/c1-19(12-15(21)20-7-9-22-10-8-20)16-17-14(18-23-16)11-13-5-3-2-4-6-13/h2-6H,7-12H2,1H3. The fraction of sp³-hybridized carbons (Fsp3) is 0.438. The highest BCUT2D eigenvalue weighted by atomic mass is 32.1. The summed E-state index contributed by atoms with van der Waals surface area (Å²) in [5.41, 5.74) is 1.18. The number of morpholine rings is 1. The van der Waals surface area contributed by atoms with E-state index in [1.807, 2.05) is 35.0 Å². The van der Waals surface area contributed by atoms with Crippen LogP contribution in [0.2, 0.25) is 0 Å². The van der Waals surface area contributed by atoms with Crippen molar-refractivity contribution >= 4 is 22.6 Å². The number of likely N-dealkylation sites (N-methyl/N-ethyl adjacent to an activating group) is 1. The SMILES string of the molecule is CN(CC(=O)N1CCOCC1)c1nc(Cc2ccccc2)ns1. The van der Waals surface area contributed by atoms with E-state index in [2.05, 4.69) is 21.5 Å². The van der Waals surface area contributed by atoms with Crippen molar-refractivity contribution in [3.05, 3.63) is 41.7 Å². The van der Waals surface area contributed by atoms with E-state index in [4.69, 9.17) is 4.74 Å². The molecule has 6 nitrogen and oxygen atoms in total. The lowest BCUT2D eigenvalue weighted by Crippen LogP contribution is -2.45. The monoisotopic (exact) mass is 332 g/mol. The largest absolute Gasteiger partial charge is 0.378 e. The number of ether oxygens (including phenoxy) is 1. The summed E-state index contributed by atoms with van der Waals surface area (Å²) >= 11 is 1.33. The predicted octanol–water partition coefficient (Wildman–Crippen LogP) is 1.42. The molecule has 0 spiro atoms. The first kappa shape index (κ1) is 15.9. The number of carbonyl (C=O) groups is 1. The summed E-state index contributed by atoms with van der Waals surface area (Å²) in [6, 6.07) is 10.1. The average molecular weight is 332 g/mol. The molecule has 0 bridgehead atoms. The number of benzene rings is 1. The lowest BCUT2D eigenvalue weighted by molar-refractivity contribution is -0.133. The number of carbonyl (C=O) groups excluding carboxylic acids is 1. The van der Waals surface area contributed by atoms with Gasteiger partial charge >= 0.3 is 0 Å². The number of hydrogen-bond donors (Lipinski definition) is 0. The van der Waals surface area contributed by atoms with Gasteiger partial charge in [-0.15, -0.1) is 0 Å². The lowest BCUT2D eigenvalue weighted by atomic mass is 10.1. The molecule has 1 aliphatic heterocycles. The summed E-state index contributed by atoms with van der Waals surface area (Å²) in [4.78, 5) is 20.5. The first-order valence-electron chi connectivity index (χ1n) is 7.65. The molecule has 0 saturated carbocycles. The number of hydrogen-bond acceptors (Lipinski definition) is 6. The minimum atomic E-state index is 0.107. The highest BCUT2D eigenvalue weighted by Gasteiger charge is 2.19. The van der Waals surface area contributed by atoms with Crippen LogP contribution in [0.5, 0.6) is 0 Å². The van der Waals surface area contributed by atoms with Crippen LogP contribution in [0.15, 0.2) is 30.3 Å². The van der Waals surface area contributed by atoms with E-state index in [0.29, 0.717) is 39.3 Å². The Kier molecular flexibility index (Phi) is 5.19. The fourth-order valence-electron chi connectivity index (χ4n) is 2.43. The lowest BCUT2D eigenvalue weighted by Gasteiger charge is -2.28. The van der Waals surface area contributed by atoms with Gasteiger partial charge in [0, 0.05) is 38.1 Å². The van der Waals surface area contributed by atoms with Crippen LogP contribution < -0.4 is 4.90 Å². The molecule has 0 unspecified atom stereocenters. The van der Waals surface area contributed by atoms with Crippen LogP contribution in [-0.4, -0.2) is 60.1 Å². The Morgan fingerprint density at radius 2 is 2.04 bits per heavy atom. The minimum Gasteiger partial charge on any atom is -0.378 e. The fourth-order valence-corrected chi connectivity index (χ4v) is 3.08. The quantitative estimate of drug-likeness (QED) is 0.829. The zero-order valence-corrected chi connectivity index (χ0v) is 14.0. The molecular weight excluding hydrogens is 312 g/mol. The van der Waals surface area contributed by atoms with Crippen molar-refractivity contribution in [2.45, 2.75) is 6.42 Å². The van der Waals surface area contributed by atoms with E-state index in [9.17, 15) is 4.79 Å². The summed E-state index contributed by atoms with van der Waals surface area (Å²) in [6.45, 7) is 2.90. The van der Waals surface area contributed by atoms with Gasteiger partial charge in [0.25, 0.3) is 0 Å². The molecule has 7 heteroatoms. The van der Waals surface area contributed by atoms with Crippen molar-refractivity contribution in [2.75, 3.05) is 44.8 Å². The zero-order valence-electron chi connectivity index (χ0n) is 13.1. The summed E-state index contributed by atoms with van der Waals surface area (Å²) in [5.74, 6) is 0.900. The molecule has 0 aliphatic carbocycles. The molecule has 2 aromatic rings. The molecule has 0 radical (unpaired) electrons. The van der Waals surface area contributed by atoms with Gasteiger partial charge in [0.15, 0.2) is 0 Å². The van der Waals surface area contributed by atoms with Gasteiger partial charge < -0.3 is 14.5 Å². The van der Waals surface area contributed by atoms with E-state index in [1.165, 1.54) is 17.1 Å². The van der Waals surface area contributed by atoms with E-state index in [-0.39, 0.29) is 5.91 Å². The molecule has 122 valence electrons. The summed E-state index contributed by atoms with van der Waals surface area (Å²) < 4.78 is 9.67. The number of aromatic nitrogens is 2. The first-order chi connectivity index (χ1) is 11.2. The third-order valence-electron chi connectivity index (χ3n) is 3.73. The highest BCUT2D eigenvalue weighted by molar-refractivity contribution is 7.09. The second-order valence-corrected chi connectivity index (χ2v) is 6.24. The second kappa shape index (κ2) is 7.52. The van der Waals surface area contributed by atoms with Crippen LogP contribution in [0, 0.1) is 0 Å². The number of anilines is 1. The van der Waals surface area contributed by atoms with Crippen LogP contribution in [0.3, 0.4) is 0 Å². The van der Waals surface area contributed by atoms with Crippen LogP contribution in [-0.2, 0) is 16.0 Å². The smallest absolute Gasteiger partial charge is 0.242 e. The molecule has 1 amide bonds. The van der Waals surface area contributed by atoms with Crippen LogP contribution in [0.4, 0.5) is 5.13 Å². The van der Waals surface area contributed by atoms with Gasteiger partial charge in [0.05, 0.1) is 19.8 Å². The Balaban J connectivity index is 1.57.